The van der Waals surface area contributed by atoms with Crippen molar-refractivity contribution in [3.05, 3.63) is 231 Å². The van der Waals surface area contributed by atoms with E-state index in [4.69, 9.17) is 0 Å². The Hall–Kier alpha value is -9.12. The quantitative estimate of drug-likeness (QED) is 0.161. The molecule has 320 valence electrons. The topological polar surface area (TPSA) is 13.1 Å². The minimum absolute atomic E-state index is 0.0424. The SMILES string of the molecule is c1ccc2cc(N(c3cc4c5c(c3)-n3c6ccc7ccccc7c6c6c7ccccc7cc(c63)B5c3cc5ccccc5c5c6c7ccccc7ccc6n-4c35)c3ccc4ccccc4c3)ccc2c1. The lowest BCUT2D eigenvalue weighted by atomic mass is 9.34. The molecular formula is C66H38BN3. The van der Waals surface area contributed by atoms with Gasteiger partial charge in [0.25, 0.3) is 6.71 Å². The van der Waals surface area contributed by atoms with Crippen LogP contribution in [0.5, 0.6) is 0 Å². The molecule has 0 saturated heterocycles. The van der Waals surface area contributed by atoms with E-state index in [1.54, 1.807) is 0 Å². The van der Waals surface area contributed by atoms with Gasteiger partial charge in [0, 0.05) is 44.3 Å². The summed E-state index contributed by atoms with van der Waals surface area (Å²) in [7, 11) is 0. The molecule has 70 heavy (non-hydrogen) atoms. The van der Waals surface area contributed by atoms with Gasteiger partial charge in [0.1, 0.15) is 0 Å². The van der Waals surface area contributed by atoms with Crippen molar-refractivity contribution >= 4 is 148 Å². The molecule has 0 bridgehead atoms. The fourth-order valence-electron chi connectivity index (χ4n) is 13.3. The summed E-state index contributed by atoms with van der Waals surface area (Å²) in [5.74, 6) is 0. The van der Waals surface area contributed by atoms with Crippen molar-refractivity contribution in [2.24, 2.45) is 0 Å². The molecule has 0 saturated carbocycles. The average molecular weight is 884 g/mol. The van der Waals surface area contributed by atoms with Crippen LogP contribution >= 0.6 is 0 Å². The summed E-state index contributed by atoms with van der Waals surface area (Å²) in [4.78, 5) is 2.51. The van der Waals surface area contributed by atoms with Gasteiger partial charge in [-0.3, -0.25) is 0 Å². The number of aromatic nitrogens is 2. The van der Waals surface area contributed by atoms with E-state index in [9.17, 15) is 0 Å². The van der Waals surface area contributed by atoms with E-state index in [1.807, 2.05) is 0 Å². The highest BCUT2D eigenvalue weighted by molar-refractivity contribution is 7.00. The highest BCUT2D eigenvalue weighted by Crippen LogP contribution is 2.48. The van der Waals surface area contributed by atoms with Gasteiger partial charge in [0.2, 0.25) is 0 Å². The molecule has 0 fully saturated rings. The van der Waals surface area contributed by atoms with Gasteiger partial charge in [0.05, 0.1) is 27.8 Å². The van der Waals surface area contributed by atoms with Crippen molar-refractivity contribution in [3.63, 3.8) is 0 Å². The van der Waals surface area contributed by atoms with Crippen LogP contribution in [0.15, 0.2) is 231 Å². The Morgan fingerprint density at radius 1 is 0.286 bits per heavy atom. The second kappa shape index (κ2) is 13.3. The highest BCUT2D eigenvalue weighted by atomic mass is 15.2. The molecule has 4 heterocycles. The molecule has 0 atom stereocenters. The molecule has 2 aliphatic heterocycles. The molecule has 17 rings (SSSR count). The van der Waals surface area contributed by atoms with Crippen LogP contribution in [0.1, 0.15) is 0 Å². The van der Waals surface area contributed by atoms with Gasteiger partial charge in [-0.05, 0) is 130 Å². The number of nitrogens with zero attached hydrogens (tertiary/aromatic N) is 3. The van der Waals surface area contributed by atoms with Crippen molar-refractivity contribution in [1.82, 2.24) is 9.13 Å². The summed E-state index contributed by atoms with van der Waals surface area (Å²) in [5, 5.41) is 20.3. The highest BCUT2D eigenvalue weighted by Gasteiger charge is 2.43. The largest absolute Gasteiger partial charge is 0.310 e. The Morgan fingerprint density at radius 2 is 0.657 bits per heavy atom. The molecule has 0 unspecified atom stereocenters. The maximum atomic E-state index is 2.65. The van der Waals surface area contributed by atoms with Crippen LogP contribution in [0.2, 0.25) is 0 Å². The molecule has 0 N–H and O–H groups in total. The van der Waals surface area contributed by atoms with Gasteiger partial charge in [-0.2, -0.15) is 0 Å². The van der Waals surface area contributed by atoms with Crippen molar-refractivity contribution < 1.29 is 0 Å². The van der Waals surface area contributed by atoms with Gasteiger partial charge < -0.3 is 14.0 Å². The first-order chi connectivity index (χ1) is 34.7. The number of anilines is 3. The Balaban J connectivity index is 1.11. The van der Waals surface area contributed by atoms with Crippen LogP contribution in [0.3, 0.4) is 0 Å². The van der Waals surface area contributed by atoms with Crippen LogP contribution < -0.4 is 21.3 Å². The van der Waals surface area contributed by atoms with Crippen molar-refractivity contribution in [2.75, 3.05) is 4.90 Å². The Kier molecular flexibility index (Phi) is 7.03. The normalized spacial score (nSPS) is 12.8. The van der Waals surface area contributed by atoms with Crippen molar-refractivity contribution in [3.8, 4) is 11.4 Å². The number of benzene rings is 13. The van der Waals surface area contributed by atoms with Gasteiger partial charge >= 0.3 is 0 Å². The first kappa shape index (κ1) is 36.9. The van der Waals surface area contributed by atoms with Crippen molar-refractivity contribution in [2.45, 2.75) is 0 Å². The smallest absolute Gasteiger partial charge is 0.252 e. The summed E-state index contributed by atoms with van der Waals surface area (Å²) >= 11 is 0. The zero-order valence-electron chi connectivity index (χ0n) is 37.9. The third kappa shape index (κ3) is 4.70. The van der Waals surface area contributed by atoms with Gasteiger partial charge in [-0.25, -0.2) is 0 Å². The van der Waals surface area contributed by atoms with Crippen LogP contribution in [-0.2, 0) is 0 Å². The molecule has 0 aliphatic carbocycles. The number of hydrogen-bond acceptors (Lipinski definition) is 1. The zero-order chi connectivity index (χ0) is 45.3. The molecule has 13 aromatic carbocycles. The molecule has 3 nitrogen and oxygen atoms in total. The average Bonchev–Trinajstić information content (AvgIpc) is 3.98. The second-order valence-electron chi connectivity index (χ2n) is 19.6. The van der Waals surface area contributed by atoms with E-state index in [2.05, 4.69) is 245 Å². The second-order valence-corrected chi connectivity index (χ2v) is 19.6. The molecule has 0 amide bonds. The lowest BCUT2D eigenvalue weighted by molar-refractivity contribution is 1.13. The monoisotopic (exact) mass is 883 g/mol. The first-order valence-corrected chi connectivity index (χ1v) is 24.4. The maximum Gasteiger partial charge on any atom is 0.252 e. The Labute approximate surface area is 402 Å². The zero-order valence-corrected chi connectivity index (χ0v) is 37.9. The Morgan fingerprint density at radius 3 is 1.11 bits per heavy atom. The number of rotatable bonds is 3. The van der Waals surface area contributed by atoms with E-state index < -0.39 is 0 Å². The molecule has 2 aromatic heterocycles. The van der Waals surface area contributed by atoms with Crippen LogP contribution in [0, 0.1) is 0 Å². The van der Waals surface area contributed by atoms with Gasteiger partial charge in [-0.1, -0.05) is 182 Å². The predicted octanol–water partition coefficient (Wildman–Crippen LogP) is 15.4. The Bertz CT molecular complexity index is 4560. The number of hydrogen-bond donors (Lipinski definition) is 0. The fraction of sp³-hybridized carbons (Fsp3) is 0. The molecule has 0 spiro atoms. The summed E-state index contributed by atoms with van der Waals surface area (Å²) in [6, 6.07) is 87.0. The first-order valence-electron chi connectivity index (χ1n) is 24.4. The van der Waals surface area contributed by atoms with E-state index in [0.29, 0.717) is 0 Å². The predicted molar refractivity (Wildman–Crippen MR) is 299 cm³/mol. The van der Waals surface area contributed by atoms with E-state index >= 15 is 0 Å². The van der Waals surface area contributed by atoms with Gasteiger partial charge in [0.15, 0.2) is 0 Å². The lowest BCUT2D eigenvalue weighted by Gasteiger charge is -2.36. The number of fused-ring (bicyclic) bond motifs is 20. The molecule has 0 radical (unpaired) electrons. The summed E-state index contributed by atoms with van der Waals surface area (Å²) in [5.41, 5.74) is 14.9. The van der Waals surface area contributed by atoms with Crippen LogP contribution in [0.4, 0.5) is 17.1 Å². The van der Waals surface area contributed by atoms with E-state index in [-0.39, 0.29) is 6.71 Å². The molecule has 2 aliphatic rings. The van der Waals surface area contributed by atoms with E-state index in [0.717, 1.165) is 17.1 Å². The van der Waals surface area contributed by atoms with Gasteiger partial charge in [-0.15, -0.1) is 0 Å². The maximum absolute atomic E-state index is 2.65. The minimum Gasteiger partial charge on any atom is -0.310 e. The third-order valence-electron chi connectivity index (χ3n) is 16.1. The lowest BCUT2D eigenvalue weighted by Crippen LogP contribution is -2.59. The van der Waals surface area contributed by atoms with Crippen LogP contribution in [-0.4, -0.2) is 15.8 Å². The minimum atomic E-state index is -0.0424. The van der Waals surface area contributed by atoms with Crippen molar-refractivity contribution in [1.29, 1.82) is 0 Å². The standard InChI is InChI=1S/C66H38BN3/c1-3-17-43-33-47(29-25-39(43)13-1)68(48-30-26-40-14-2-4-18-44(40)34-48)49-37-58-64-59(38-49)70-57-32-28-42-16-6-10-22-51(42)61(57)63-53-24-12-8-20-46(53)36-55(66(63)70)67(64)54-35-45-19-7-11-23-52(45)62-60-50-21-9-5-15-41(50)27-31-56(60)69(58)65(54)62/h1-38H. The summed E-state index contributed by atoms with van der Waals surface area (Å²) < 4.78 is 5.31. The summed E-state index contributed by atoms with van der Waals surface area (Å²) in [6.45, 7) is -0.0424. The third-order valence-corrected chi connectivity index (χ3v) is 16.1. The van der Waals surface area contributed by atoms with E-state index in [1.165, 1.54) is 136 Å². The molecule has 4 heteroatoms. The molecular weight excluding hydrogens is 846 g/mol. The summed E-state index contributed by atoms with van der Waals surface area (Å²) in [6.07, 6.45) is 0. The van der Waals surface area contributed by atoms with Crippen LogP contribution in [0.25, 0.3) is 120 Å². The molecule has 15 aromatic rings. The fourth-order valence-corrected chi connectivity index (χ4v) is 13.3.